The fourth-order valence-electron chi connectivity index (χ4n) is 12.6. The van der Waals surface area contributed by atoms with Crippen LogP contribution in [0.2, 0.25) is 0 Å². The lowest BCUT2D eigenvalue weighted by molar-refractivity contribution is 0.493. The van der Waals surface area contributed by atoms with Gasteiger partial charge in [-0.3, -0.25) is 0 Å². The van der Waals surface area contributed by atoms with E-state index < -0.39 is 0 Å². The molecule has 0 bridgehead atoms. The third-order valence-electron chi connectivity index (χ3n) is 16.8. The molecule has 6 heteroatoms. The summed E-state index contributed by atoms with van der Waals surface area (Å²) in [6.45, 7) is 27.7. The van der Waals surface area contributed by atoms with Crippen LogP contribution in [0.25, 0.3) is 75.2 Å². The van der Waals surface area contributed by atoms with Crippen LogP contribution in [-0.2, 0) is 21.7 Å². The van der Waals surface area contributed by atoms with Crippen molar-refractivity contribution in [1.82, 2.24) is 9.13 Å². The van der Waals surface area contributed by atoms with Crippen molar-refractivity contribution in [2.45, 2.75) is 105 Å². The van der Waals surface area contributed by atoms with Crippen LogP contribution in [0.5, 0.6) is 11.5 Å². The molecule has 0 saturated carbocycles. The Kier molecular flexibility index (Phi) is 9.89. The maximum absolute atomic E-state index is 7.84. The first-order chi connectivity index (χ1) is 36.2. The van der Waals surface area contributed by atoms with E-state index >= 15 is 0 Å². The molecule has 9 aromatic carbocycles. The maximum Gasteiger partial charge on any atom is 0.256 e. The number of aromatic nitrogens is 2. The lowest BCUT2D eigenvalue weighted by Crippen LogP contribution is -2.59. The number of nitrogens with zero attached hydrogens (tertiary/aromatic N) is 3. The smallest absolute Gasteiger partial charge is 0.256 e. The third kappa shape index (κ3) is 6.95. The Labute approximate surface area is 451 Å². The molecule has 4 nitrogen and oxygen atoms in total. The second-order valence-corrected chi connectivity index (χ2v) is 26.9. The Morgan fingerprint density at radius 1 is 0.395 bits per heavy atom. The fraction of sp³-hybridized carbons (Fsp3) is 0.229. The molecular weight excluding hydrogens is 942 g/mol. The first-order valence-electron chi connectivity index (χ1n) is 27.2. The fourth-order valence-corrected chi connectivity index (χ4v) is 13.8. The average Bonchev–Trinajstić information content (AvgIpc) is 4.16. The molecule has 14 rings (SSSR count). The van der Waals surface area contributed by atoms with Gasteiger partial charge in [0.2, 0.25) is 0 Å². The molecule has 5 heterocycles. The predicted octanol–water partition coefficient (Wildman–Crippen LogP) is 17.8. The minimum atomic E-state index is -0.154. The van der Waals surface area contributed by atoms with Crippen molar-refractivity contribution in [2.75, 3.05) is 4.90 Å². The van der Waals surface area contributed by atoms with Crippen molar-refractivity contribution >= 4 is 115 Å². The molecule has 0 saturated heterocycles. The summed E-state index contributed by atoms with van der Waals surface area (Å²) in [5.41, 5.74) is 19.3. The molecule has 0 unspecified atom stereocenters. The van der Waals surface area contributed by atoms with E-state index in [1.54, 1.807) is 0 Å². The lowest BCUT2D eigenvalue weighted by atomic mass is 9.34. The zero-order chi connectivity index (χ0) is 52.5. The number of hydrogen-bond acceptors (Lipinski definition) is 3. The number of anilines is 3. The average molecular weight is 1010 g/mol. The summed E-state index contributed by atoms with van der Waals surface area (Å²) in [5, 5.41) is 7.42. The molecule has 2 aliphatic heterocycles. The Morgan fingerprint density at radius 3 is 1.50 bits per heavy atom. The molecule has 374 valence electrons. The van der Waals surface area contributed by atoms with Crippen LogP contribution in [-0.4, -0.2) is 15.8 Å². The van der Waals surface area contributed by atoms with E-state index in [0.717, 1.165) is 28.6 Å². The van der Waals surface area contributed by atoms with Gasteiger partial charge in [-0.1, -0.05) is 174 Å². The van der Waals surface area contributed by atoms with Gasteiger partial charge in [-0.05, 0) is 133 Å². The van der Waals surface area contributed by atoms with Crippen molar-refractivity contribution in [3.63, 3.8) is 0 Å². The van der Waals surface area contributed by atoms with Crippen molar-refractivity contribution in [2.24, 2.45) is 0 Å². The van der Waals surface area contributed by atoms with Crippen molar-refractivity contribution in [1.29, 1.82) is 0 Å². The largest absolute Gasteiger partial charge is 0.458 e. The van der Waals surface area contributed by atoms with Gasteiger partial charge in [0.25, 0.3) is 6.71 Å². The Balaban J connectivity index is 1.12. The highest BCUT2D eigenvalue weighted by atomic mass is 32.1. The SMILES string of the molecule is CC(C)(C)c1ccc(N2c3ccc(C(C)(C)C)cc3B3c4cc(-n5c6ccc(C(C)(C)C)cc6c6cc(C(C)(C)C)ccc65)c5sc6ccccc6c5c4Oc4cc(-n5c6ccccc6c6ccccc65)cc2c43)cc1. The number of rotatable bonds is 3. The van der Waals surface area contributed by atoms with Gasteiger partial charge in [-0.15, -0.1) is 11.3 Å². The molecule has 0 spiro atoms. The van der Waals surface area contributed by atoms with Crippen LogP contribution >= 0.6 is 11.3 Å². The van der Waals surface area contributed by atoms with Crippen LogP contribution in [0, 0.1) is 0 Å². The highest BCUT2D eigenvalue weighted by Crippen LogP contribution is 2.50. The molecule has 2 aliphatic rings. The molecule has 0 N–H and O–H groups in total. The van der Waals surface area contributed by atoms with Crippen LogP contribution in [0.4, 0.5) is 17.1 Å². The summed E-state index contributed by atoms with van der Waals surface area (Å²) >= 11 is 1.88. The monoisotopic (exact) mass is 1010 g/mol. The summed E-state index contributed by atoms with van der Waals surface area (Å²) in [5.74, 6) is 1.83. The van der Waals surface area contributed by atoms with Crippen LogP contribution in [0.15, 0.2) is 170 Å². The van der Waals surface area contributed by atoms with Gasteiger partial charge in [-0.2, -0.15) is 0 Å². The Hall–Kier alpha value is -7.54. The summed E-state index contributed by atoms with van der Waals surface area (Å²) in [6.07, 6.45) is 0. The molecule has 0 aliphatic carbocycles. The third-order valence-corrected chi connectivity index (χ3v) is 18.0. The van der Waals surface area contributed by atoms with Crippen LogP contribution in [0.3, 0.4) is 0 Å². The van der Waals surface area contributed by atoms with Gasteiger partial charge in [0.05, 0.1) is 38.1 Å². The minimum Gasteiger partial charge on any atom is -0.458 e. The van der Waals surface area contributed by atoms with E-state index in [4.69, 9.17) is 4.74 Å². The number of hydrogen-bond donors (Lipinski definition) is 0. The second-order valence-electron chi connectivity index (χ2n) is 25.9. The normalized spacial score (nSPS) is 13.8. The molecular formula is C70H64BN3OS. The van der Waals surface area contributed by atoms with Gasteiger partial charge >= 0.3 is 0 Å². The second kappa shape index (κ2) is 16.0. The minimum absolute atomic E-state index is 0.00715. The van der Waals surface area contributed by atoms with E-state index in [1.807, 2.05) is 11.3 Å². The van der Waals surface area contributed by atoms with Gasteiger partial charge in [0, 0.05) is 60.1 Å². The Morgan fingerprint density at radius 2 is 0.908 bits per heavy atom. The van der Waals surface area contributed by atoms with Gasteiger partial charge in [0.1, 0.15) is 11.5 Å². The molecule has 0 radical (unpaired) electrons. The number of para-hydroxylation sites is 2. The van der Waals surface area contributed by atoms with Crippen molar-refractivity contribution in [3.8, 4) is 22.9 Å². The molecule has 0 fully saturated rings. The molecule has 3 aromatic heterocycles. The first-order valence-corrected chi connectivity index (χ1v) is 28.0. The number of ether oxygens (including phenoxy) is 1. The highest BCUT2D eigenvalue weighted by Gasteiger charge is 2.45. The summed E-state index contributed by atoms with van der Waals surface area (Å²) < 4.78 is 15.3. The summed E-state index contributed by atoms with van der Waals surface area (Å²) in [7, 11) is 0. The molecule has 0 atom stereocenters. The summed E-state index contributed by atoms with van der Waals surface area (Å²) in [4.78, 5) is 2.53. The van der Waals surface area contributed by atoms with E-state index in [1.165, 1.54) is 114 Å². The standard InChI is InChI=1S/C70H64BN3OS/c1-67(2,3)41-25-30-45(31-26-41)72-58-34-29-44(70(10,11)12)37-52(58)71-53-40-60(74-56-32-27-42(68(4,5)6)35-50(56)51-36-43(69(7,8)9)28-33-57(51)74)66-63(49-21-15-18-24-62(49)76-66)65(53)75-61-39-46(38-59(72)64(61)71)73-54-22-16-13-19-47(54)48-20-14-17-23-55(48)73/h13-40H,1-12H3. The number of thiophene rings is 1. The van der Waals surface area contributed by atoms with Crippen LogP contribution in [0.1, 0.15) is 105 Å². The summed E-state index contributed by atoms with van der Waals surface area (Å²) in [6, 6.07) is 65.0. The van der Waals surface area contributed by atoms with Gasteiger partial charge in [0.15, 0.2) is 0 Å². The highest BCUT2D eigenvalue weighted by molar-refractivity contribution is 7.26. The Bertz CT molecular complexity index is 4300. The van der Waals surface area contributed by atoms with E-state index in [2.05, 4.69) is 267 Å². The zero-order valence-corrected chi connectivity index (χ0v) is 46.7. The number of benzene rings is 9. The van der Waals surface area contributed by atoms with Crippen molar-refractivity contribution < 1.29 is 4.74 Å². The lowest BCUT2D eigenvalue weighted by Gasteiger charge is -2.41. The van der Waals surface area contributed by atoms with Crippen LogP contribution < -0.4 is 26.0 Å². The van der Waals surface area contributed by atoms with E-state index in [9.17, 15) is 0 Å². The van der Waals surface area contributed by atoms with E-state index in [0.29, 0.717) is 0 Å². The quantitative estimate of drug-likeness (QED) is 0.165. The zero-order valence-electron chi connectivity index (χ0n) is 45.9. The molecule has 12 aromatic rings. The van der Waals surface area contributed by atoms with Gasteiger partial charge in [-0.25, -0.2) is 0 Å². The first kappa shape index (κ1) is 47.0. The topological polar surface area (TPSA) is 22.3 Å². The van der Waals surface area contributed by atoms with E-state index in [-0.39, 0.29) is 28.4 Å². The maximum atomic E-state index is 7.84. The molecule has 0 amide bonds. The van der Waals surface area contributed by atoms with Crippen molar-refractivity contribution in [3.05, 3.63) is 192 Å². The van der Waals surface area contributed by atoms with Gasteiger partial charge < -0.3 is 18.8 Å². The number of fused-ring (bicyclic) bond motifs is 14. The molecule has 76 heavy (non-hydrogen) atoms. The predicted molar refractivity (Wildman–Crippen MR) is 329 cm³/mol.